The Morgan fingerprint density at radius 3 is 2.88 bits per heavy atom. The smallest absolute Gasteiger partial charge is 0.321 e. The third-order valence-electron chi connectivity index (χ3n) is 5.90. The SMILES string of the molecule is CCN1C(=O)C(CCNc2cccc(OCCN3CCCC3)c2)SC1CC(C#N)C(=O)O. The van der Waals surface area contributed by atoms with Crippen molar-refractivity contribution in [3.05, 3.63) is 24.3 Å². The number of rotatable bonds is 12. The highest BCUT2D eigenvalue weighted by Crippen LogP contribution is 2.37. The fourth-order valence-electron chi connectivity index (χ4n) is 4.13. The Bertz CT molecular complexity index is 824. The number of aliphatic carboxylic acids is 1. The first kappa shape index (κ1) is 24.2. The Kier molecular flexibility index (Phi) is 9.06. The molecular formula is C23H32N4O4S. The molecule has 8 nitrogen and oxygen atoms in total. The summed E-state index contributed by atoms with van der Waals surface area (Å²) in [5.74, 6) is -1.39. The second kappa shape index (κ2) is 12.0. The van der Waals surface area contributed by atoms with Crippen molar-refractivity contribution >= 4 is 29.3 Å². The van der Waals surface area contributed by atoms with Crippen LogP contribution in [0.1, 0.15) is 32.6 Å². The lowest BCUT2D eigenvalue weighted by molar-refractivity contribution is -0.141. The van der Waals surface area contributed by atoms with Crippen LogP contribution in [0.4, 0.5) is 5.69 Å². The fourth-order valence-corrected chi connectivity index (χ4v) is 5.72. The molecule has 1 amide bonds. The number of carboxylic acid groups (broad SMARTS) is 1. The molecule has 9 heteroatoms. The number of nitrogens with zero attached hydrogens (tertiary/aromatic N) is 3. The average Bonchev–Trinajstić information content (AvgIpc) is 3.40. The number of nitrogens with one attached hydrogen (secondary N) is 1. The summed E-state index contributed by atoms with van der Waals surface area (Å²) in [6, 6.07) is 9.67. The monoisotopic (exact) mass is 460 g/mol. The van der Waals surface area contributed by atoms with Gasteiger partial charge in [-0.25, -0.2) is 0 Å². The van der Waals surface area contributed by atoms with Crippen molar-refractivity contribution in [2.45, 2.75) is 43.2 Å². The van der Waals surface area contributed by atoms with Crippen molar-refractivity contribution in [3.8, 4) is 11.8 Å². The van der Waals surface area contributed by atoms with E-state index in [0.29, 0.717) is 26.1 Å². The van der Waals surface area contributed by atoms with Gasteiger partial charge in [0, 0.05) is 37.8 Å². The Hall–Kier alpha value is -2.44. The van der Waals surface area contributed by atoms with Crippen LogP contribution in [0.15, 0.2) is 24.3 Å². The topological polar surface area (TPSA) is 106 Å². The van der Waals surface area contributed by atoms with Crippen molar-refractivity contribution in [2.75, 3.05) is 44.6 Å². The van der Waals surface area contributed by atoms with E-state index >= 15 is 0 Å². The van der Waals surface area contributed by atoms with Gasteiger partial charge in [-0.05, 0) is 51.4 Å². The number of carbonyl (C=O) groups excluding carboxylic acids is 1. The summed E-state index contributed by atoms with van der Waals surface area (Å²) in [6.45, 7) is 6.94. The van der Waals surface area contributed by atoms with Crippen molar-refractivity contribution < 1.29 is 19.4 Å². The minimum atomic E-state index is -1.13. The summed E-state index contributed by atoms with van der Waals surface area (Å²) >= 11 is 1.47. The number of hydrogen-bond acceptors (Lipinski definition) is 7. The third-order valence-corrected chi connectivity index (χ3v) is 7.43. The van der Waals surface area contributed by atoms with Crippen molar-refractivity contribution in [1.29, 1.82) is 5.26 Å². The fraction of sp³-hybridized carbons (Fsp3) is 0.609. The zero-order chi connectivity index (χ0) is 22.9. The molecule has 2 heterocycles. The number of thioether (sulfide) groups is 1. The van der Waals surface area contributed by atoms with Gasteiger partial charge in [0.15, 0.2) is 0 Å². The zero-order valence-corrected chi connectivity index (χ0v) is 19.4. The van der Waals surface area contributed by atoms with E-state index in [9.17, 15) is 9.59 Å². The van der Waals surface area contributed by atoms with Crippen molar-refractivity contribution in [2.24, 2.45) is 5.92 Å². The van der Waals surface area contributed by atoms with Crippen LogP contribution in [0.2, 0.25) is 0 Å². The summed E-state index contributed by atoms with van der Waals surface area (Å²) in [6.07, 6.45) is 3.32. The van der Waals surface area contributed by atoms with E-state index in [4.69, 9.17) is 15.1 Å². The van der Waals surface area contributed by atoms with E-state index in [1.165, 1.54) is 24.6 Å². The van der Waals surface area contributed by atoms with Gasteiger partial charge in [0.2, 0.25) is 5.91 Å². The van der Waals surface area contributed by atoms with E-state index in [1.54, 1.807) is 4.90 Å². The molecule has 1 aromatic rings. The molecule has 1 aromatic carbocycles. The van der Waals surface area contributed by atoms with Crippen LogP contribution in [0.25, 0.3) is 0 Å². The average molecular weight is 461 g/mol. The minimum absolute atomic E-state index is 0.0189. The summed E-state index contributed by atoms with van der Waals surface area (Å²) in [7, 11) is 0. The molecule has 174 valence electrons. The summed E-state index contributed by atoms with van der Waals surface area (Å²) in [5, 5.41) is 21.1. The van der Waals surface area contributed by atoms with Crippen LogP contribution in [0.5, 0.6) is 5.75 Å². The van der Waals surface area contributed by atoms with Crippen LogP contribution in [-0.4, -0.2) is 76.7 Å². The standard InChI is InChI=1S/C23H32N4O4S/c1-2-27-21(14-17(16-24)23(29)30)32-20(22(27)28)8-9-25-18-6-5-7-19(15-18)31-13-12-26-10-3-4-11-26/h5-7,15,17,20-21,25H,2-4,8-14H2,1H3,(H,29,30). The first-order chi connectivity index (χ1) is 15.5. The number of likely N-dealkylation sites (tertiary alicyclic amines) is 1. The van der Waals surface area contributed by atoms with E-state index in [-0.39, 0.29) is 23.0 Å². The molecule has 0 saturated carbocycles. The van der Waals surface area contributed by atoms with Crippen LogP contribution >= 0.6 is 11.8 Å². The molecule has 2 saturated heterocycles. The third kappa shape index (κ3) is 6.53. The van der Waals surface area contributed by atoms with Gasteiger partial charge in [0.25, 0.3) is 0 Å². The lowest BCUT2D eigenvalue weighted by Gasteiger charge is -2.22. The number of benzene rings is 1. The number of amides is 1. The summed E-state index contributed by atoms with van der Waals surface area (Å²) < 4.78 is 5.89. The molecular weight excluding hydrogens is 428 g/mol. The van der Waals surface area contributed by atoms with Crippen LogP contribution in [0, 0.1) is 17.2 Å². The maximum absolute atomic E-state index is 12.7. The van der Waals surface area contributed by atoms with Crippen molar-refractivity contribution in [1.82, 2.24) is 9.80 Å². The lowest BCUT2D eigenvalue weighted by atomic mass is 10.1. The molecule has 0 spiro atoms. The van der Waals surface area contributed by atoms with Gasteiger partial charge in [-0.2, -0.15) is 5.26 Å². The largest absolute Gasteiger partial charge is 0.492 e. The highest BCUT2D eigenvalue weighted by atomic mass is 32.2. The van der Waals surface area contributed by atoms with Gasteiger partial charge in [-0.15, -0.1) is 11.8 Å². The molecule has 2 aliphatic heterocycles. The molecule has 2 aliphatic rings. The molecule has 3 atom stereocenters. The highest BCUT2D eigenvalue weighted by molar-refractivity contribution is 8.01. The first-order valence-electron chi connectivity index (χ1n) is 11.3. The van der Waals surface area contributed by atoms with Gasteiger partial charge in [0.1, 0.15) is 18.3 Å². The summed E-state index contributed by atoms with van der Waals surface area (Å²) in [4.78, 5) is 28.0. The molecule has 0 aromatic heterocycles. The predicted molar refractivity (Wildman–Crippen MR) is 125 cm³/mol. The Morgan fingerprint density at radius 2 is 2.19 bits per heavy atom. The van der Waals surface area contributed by atoms with Gasteiger partial charge >= 0.3 is 5.97 Å². The minimum Gasteiger partial charge on any atom is -0.492 e. The molecule has 3 rings (SSSR count). The molecule has 0 aliphatic carbocycles. The second-order valence-corrected chi connectivity index (χ2v) is 9.49. The normalized spacial score (nSPS) is 22.0. The number of ether oxygens (including phenoxy) is 1. The van der Waals surface area contributed by atoms with Crippen LogP contribution in [-0.2, 0) is 9.59 Å². The molecule has 0 bridgehead atoms. The maximum atomic E-state index is 12.7. The van der Waals surface area contributed by atoms with Crippen LogP contribution < -0.4 is 10.1 Å². The van der Waals surface area contributed by atoms with Crippen LogP contribution in [0.3, 0.4) is 0 Å². The van der Waals surface area contributed by atoms with Gasteiger partial charge < -0.3 is 20.1 Å². The van der Waals surface area contributed by atoms with Gasteiger partial charge in [-0.3, -0.25) is 14.5 Å². The molecule has 2 fully saturated rings. The number of carboxylic acids is 1. The Balaban J connectivity index is 1.45. The van der Waals surface area contributed by atoms with Gasteiger partial charge in [0.05, 0.1) is 16.7 Å². The molecule has 3 unspecified atom stereocenters. The summed E-state index contributed by atoms with van der Waals surface area (Å²) in [5.41, 5.74) is 0.943. The van der Waals surface area contributed by atoms with E-state index in [0.717, 1.165) is 31.1 Å². The number of anilines is 1. The number of nitriles is 1. The van der Waals surface area contributed by atoms with E-state index < -0.39 is 11.9 Å². The Labute approximate surface area is 193 Å². The molecule has 32 heavy (non-hydrogen) atoms. The predicted octanol–water partition coefficient (Wildman–Crippen LogP) is 2.87. The maximum Gasteiger partial charge on any atom is 0.321 e. The number of carbonyl (C=O) groups is 2. The molecule has 2 N–H and O–H groups in total. The Morgan fingerprint density at radius 1 is 1.41 bits per heavy atom. The second-order valence-electron chi connectivity index (χ2n) is 8.10. The number of hydrogen-bond donors (Lipinski definition) is 2. The van der Waals surface area contributed by atoms with E-state index in [2.05, 4.69) is 10.2 Å². The van der Waals surface area contributed by atoms with Crippen molar-refractivity contribution in [3.63, 3.8) is 0 Å². The molecule has 0 radical (unpaired) electrons. The highest BCUT2D eigenvalue weighted by Gasteiger charge is 2.40. The first-order valence-corrected chi connectivity index (χ1v) is 12.2. The van der Waals surface area contributed by atoms with Gasteiger partial charge in [-0.1, -0.05) is 6.07 Å². The zero-order valence-electron chi connectivity index (χ0n) is 18.5. The quantitative estimate of drug-likeness (QED) is 0.491. The lowest BCUT2D eigenvalue weighted by Crippen LogP contribution is -2.36. The van der Waals surface area contributed by atoms with E-state index in [1.807, 2.05) is 37.3 Å².